The number of aryl methyl sites for hydroxylation is 1. The molecule has 2 nitrogen and oxygen atoms in total. The lowest BCUT2D eigenvalue weighted by atomic mass is 10.0. The highest BCUT2D eigenvalue weighted by Crippen LogP contribution is 2.29. The summed E-state index contributed by atoms with van der Waals surface area (Å²) in [5.41, 5.74) is 2.53. The maximum atomic E-state index is 5.44. The topological polar surface area (TPSA) is 21.3 Å². The summed E-state index contributed by atoms with van der Waals surface area (Å²) in [6.45, 7) is 6.57. The summed E-state index contributed by atoms with van der Waals surface area (Å²) in [6.07, 6.45) is 0. The molecule has 0 aliphatic heterocycles. The van der Waals surface area contributed by atoms with E-state index in [0.717, 1.165) is 11.5 Å². The van der Waals surface area contributed by atoms with E-state index in [9.17, 15) is 0 Å². The molecule has 0 radical (unpaired) electrons. The number of nitrogens with one attached hydrogen (secondary N) is 1. The second kappa shape index (κ2) is 6.92. The van der Waals surface area contributed by atoms with Crippen LogP contribution in [0, 0.1) is 6.92 Å². The first-order valence-electron chi connectivity index (χ1n) is 6.02. The van der Waals surface area contributed by atoms with Gasteiger partial charge in [-0.05, 0) is 25.3 Å². The maximum absolute atomic E-state index is 5.44. The van der Waals surface area contributed by atoms with Gasteiger partial charge in [-0.3, -0.25) is 0 Å². The number of rotatable bonds is 6. The van der Waals surface area contributed by atoms with E-state index in [-0.39, 0.29) is 0 Å². The number of thioether (sulfide) groups is 1. The number of benzene rings is 1. The first kappa shape index (κ1) is 14.4. The fourth-order valence-electron chi connectivity index (χ4n) is 1.74. The van der Waals surface area contributed by atoms with Gasteiger partial charge in [-0.2, -0.15) is 11.8 Å². The second-order valence-corrected chi connectivity index (χ2v) is 6.08. The van der Waals surface area contributed by atoms with Crippen LogP contribution in [0.1, 0.15) is 31.0 Å². The van der Waals surface area contributed by atoms with Crippen LogP contribution in [0.2, 0.25) is 0 Å². The molecular formula is C14H23NOS. The maximum Gasteiger partial charge on any atom is 0.123 e. The molecule has 1 rings (SSSR count). The van der Waals surface area contributed by atoms with Crippen LogP contribution in [0.15, 0.2) is 18.2 Å². The predicted molar refractivity (Wildman–Crippen MR) is 77.1 cm³/mol. The van der Waals surface area contributed by atoms with Gasteiger partial charge in [0, 0.05) is 17.4 Å². The van der Waals surface area contributed by atoms with Crippen molar-refractivity contribution in [3.63, 3.8) is 0 Å². The Bertz CT molecular complexity index is 352. The van der Waals surface area contributed by atoms with Crippen LogP contribution in [-0.4, -0.2) is 25.2 Å². The van der Waals surface area contributed by atoms with Gasteiger partial charge in [0.05, 0.1) is 7.11 Å². The van der Waals surface area contributed by atoms with Crippen LogP contribution in [0.4, 0.5) is 0 Å². The highest BCUT2D eigenvalue weighted by Gasteiger charge is 2.15. The van der Waals surface area contributed by atoms with E-state index >= 15 is 0 Å². The summed E-state index contributed by atoms with van der Waals surface area (Å²) >= 11 is 1.97. The van der Waals surface area contributed by atoms with E-state index in [1.807, 2.05) is 18.8 Å². The molecule has 0 fully saturated rings. The van der Waals surface area contributed by atoms with Crippen molar-refractivity contribution in [3.8, 4) is 5.75 Å². The van der Waals surface area contributed by atoms with Crippen molar-refractivity contribution < 1.29 is 4.74 Å². The van der Waals surface area contributed by atoms with E-state index < -0.39 is 0 Å². The van der Waals surface area contributed by atoms with Crippen LogP contribution in [0.25, 0.3) is 0 Å². The molecule has 0 aliphatic carbocycles. The standard InChI is InChI=1S/C14H23NOS/c1-10(2)17-9-13(15-4)12-8-11(3)6-7-14(12)16-5/h6-8,10,13,15H,9H2,1-5H3. The molecule has 0 bridgehead atoms. The Labute approximate surface area is 109 Å². The number of ether oxygens (including phenoxy) is 1. The molecule has 1 aromatic carbocycles. The Morgan fingerprint density at radius 3 is 2.59 bits per heavy atom. The molecule has 1 N–H and O–H groups in total. The van der Waals surface area contributed by atoms with Crippen molar-refractivity contribution in [1.29, 1.82) is 0 Å². The molecule has 0 saturated heterocycles. The summed E-state index contributed by atoms with van der Waals surface area (Å²) in [4.78, 5) is 0. The molecule has 1 atom stereocenters. The zero-order chi connectivity index (χ0) is 12.8. The van der Waals surface area contributed by atoms with Gasteiger partial charge in [0.1, 0.15) is 5.75 Å². The van der Waals surface area contributed by atoms with Gasteiger partial charge < -0.3 is 10.1 Å². The Hall–Kier alpha value is -0.670. The molecular weight excluding hydrogens is 230 g/mol. The Morgan fingerprint density at radius 1 is 1.35 bits per heavy atom. The number of methoxy groups -OCH3 is 1. The average molecular weight is 253 g/mol. The quantitative estimate of drug-likeness (QED) is 0.839. The van der Waals surface area contributed by atoms with Crippen molar-refractivity contribution in [1.82, 2.24) is 5.32 Å². The summed E-state index contributed by atoms with van der Waals surface area (Å²) in [7, 11) is 3.74. The first-order chi connectivity index (χ1) is 8.08. The Morgan fingerprint density at radius 2 is 2.06 bits per heavy atom. The second-order valence-electron chi connectivity index (χ2n) is 4.47. The van der Waals surface area contributed by atoms with Crippen molar-refractivity contribution in [2.45, 2.75) is 32.1 Å². The smallest absolute Gasteiger partial charge is 0.123 e. The first-order valence-corrected chi connectivity index (χ1v) is 7.06. The minimum absolute atomic E-state index is 0.345. The summed E-state index contributed by atoms with van der Waals surface area (Å²) in [6, 6.07) is 6.69. The van der Waals surface area contributed by atoms with Gasteiger partial charge >= 0.3 is 0 Å². The van der Waals surface area contributed by atoms with Gasteiger partial charge in [-0.1, -0.05) is 31.5 Å². The van der Waals surface area contributed by atoms with E-state index in [2.05, 4.69) is 44.3 Å². The molecule has 0 amide bonds. The van der Waals surface area contributed by atoms with Gasteiger partial charge in [0.15, 0.2) is 0 Å². The third-order valence-corrected chi connectivity index (χ3v) is 3.90. The van der Waals surface area contributed by atoms with Crippen molar-refractivity contribution in [3.05, 3.63) is 29.3 Å². The molecule has 0 saturated carbocycles. The van der Waals surface area contributed by atoms with Gasteiger partial charge in [-0.15, -0.1) is 0 Å². The SMILES string of the molecule is CNC(CSC(C)C)c1cc(C)ccc1OC. The molecule has 0 heterocycles. The van der Waals surface area contributed by atoms with E-state index in [4.69, 9.17) is 4.74 Å². The minimum Gasteiger partial charge on any atom is -0.496 e. The molecule has 1 aromatic rings. The molecule has 1 unspecified atom stereocenters. The number of hydrogen-bond donors (Lipinski definition) is 1. The zero-order valence-electron chi connectivity index (χ0n) is 11.4. The lowest BCUT2D eigenvalue weighted by Crippen LogP contribution is -2.20. The van der Waals surface area contributed by atoms with Crippen molar-refractivity contribution in [2.75, 3.05) is 19.9 Å². The summed E-state index contributed by atoms with van der Waals surface area (Å²) in [5.74, 6) is 2.04. The van der Waals surface area contributed by atoms with E-state index in [0.29, 0.717) is 11.3 Å². The van der Waals surface area contributed by atoms with Gasteiger partial charge in [0.25, 0.3) is 0 Å². The van der Waals surface area contributed by atoms with Crippen LogP contribution in [0.5, 0.6) is 5.75 Å². The van der Waals surface area contributed by atoms with Crippen LogP contribution >= 0.6 is 11.8 Å². The zero-order valence-corrected chi connectivity index (χ0v) is 12.2. The summed E-state index contributed by atoms with van der Waals surface area (Å²) in [5, 5.41) is 4.03. The van der Waals surface area contributed by atoms with Crippen LogP contribution in [-0.2, 0) is 0 Å². The molecule has 0 aliphatic rings. The summed E-state index contributed by atoms with van der Waals surface area (Å²) < 4.78 is 5.44. The third-order valence-electron chi connectivity index (χ3n) is 2.71. The highest BCUT2D eigenvalue weighted by atomic mass is 32.2. The minimum atomic E-state index is 0.345. The third kappa shape index (κ3) is 4.25. The lowest BCUT2D eigenvalue weighted by molar-refractivity contribution is 0.404. The van der Waals surface area contributed by atoms with Crippen LogP contribution < -0.4 is 10.1 Å². The van der Waals surface area contributed by atoms with Gasteiger partial charge in [0.2, 0.25) is 0 Å². The molecule has 0 spiro atoms. The molecule has 0 aromatic heterocycles. The average Bonchev–Trinajstić information content (AvgIpc) is 2.30. The predicted octanol–water partition coefficient (Wildman–Crippen LogP) is 3.41. The lowest BCUT2D eigenvalue weighted by Gasteiger charge is -2.20. The van der Waals surface area contributed by atoms with E-state index in [1.165, 1.54) is 11.1 Å². The number of hydrogen-bond acceptors (Lipinski definition) is 3. The Balaban J connectivity index is 2.89. The fraction of sp³-hybridized carbons (Fsp3) is 0.571. The fourth-order valence-corrected chi connectivity index (χ4v) is 2.67. The van der Waals surface area contributed by atoms with Gasteiger partial charge in [-0.25, -0.2) is 0 Å². The van der Waals surface area contributed by atoms with Crippen molar-refractivity contribution >= 4 is 11.8 Å². The normalized spacial score (nSPS) is 12.8. The monoisotopic (exact) mass is 253 g/mol. The highest BCUT2D eigenvalue weighted by molar-refractivity contribution is 7.99. The molecule has 17 heavy (non-hydrogen) atoms. The molecule has 96 valence electrons. The Kier molecular flexibility index (Phi) is 5.86. The van der Waals surface area contributed by atoms with Crippen LogP contribution in [0.3, 0.4) is 0 Å². The van der Waals surface area contributed by atoms with E-state index in [1.54, 1.807) is 7.11 Å². The largest absolute Gasteiger partial charge is 0.496 e. The van der Waals surface area contributed by atoms with Crippen molar-refractivity contribution in [2.24, 2.45) is 0 Å². The molecule has 3 heteroatoms.